The Morgan fingerprint density at radius 1 is 1.20 bits per heavy atom. The van der Waals surface area contributed by atoms with E-state index in [0.717, 1.165) is 24.1 Å². The Balaban J connectivity index is 2.00. The standard InChI is InChI=1S/C19H18F2N2O2/c1-2-9-23(12-15-5-3-14(11-22)4-6-15)19(24)13-25-18-8-7-16(20)10-17(18)21/h3-8,10H,2,9,12-13H2,1H3. The molecule has 0 bridgehead atoms. The Morgan fingerprint density at radius 2 is 1.92 bits per heavy atom. The van der Waals surface area contributed by atoms with Crippen molar-refractivity contribution in [3.8, 4) is 11.8 Å². The van der Waals surface area contributed by atoms with E-state index in [4.69, 9.17) is 10.00 Å². The highest BCUT2D eigenvalue weighted by molar-refractivity contribution is 5.77. The van der Waals surface area contributed by atoms with Gasteiger partial charge in [-0.15, -0.1) is 0 Å². The second-order valence-electron chi connectivity index (χ2n) is 5.49. The van der Waals surface area contributed by atoms with Crippen LogP contribution in [0.1, 0.15) is 24.5 Å². The summed E-state index contributed by atoms with van der Waals surface area (Å²) in [6, 6.07) is 11.9. The fourth-order valence-corrected chi connectivity index (χ4v) is 2.29. The molecule has 0 atom stereocenters. The summed E-state index contributed by atoms with van der Waals surface area (Å²) in [4.78, 5) is 14.0. The average molecular weight is 344 g/mol. The lowest BCUT2D eigenvalue weighted by Crippen LogP contribution is -2.35. The van der Waals surface area contributed by atoms with Crippen molar-refractivity contribution >= 4 is 5.91 Å². The largest absolute Gasteiger partial charge is 0.481 e. The van der Waals surface area contributed by atoms with Gasteiger partial charge in [-0.1, -0.05) is 19.1 Å². The molecule has 6 heteroatoms. The third-order valence-corrected chi connectivity index (χ3v) is 3.55. The van der Waals surface area contributed by atoms with Crippen LogP contribution in [-0.2, 0) is 11.3 Å². The number of amides is 1. The summed E-state index contributed by atoms with van der Waals surface area (Å²) < 4.78 is 31.6. The topological polar surface area (TPSA) is 53.3 Å². The maximum Gasteiger partial charge on any atom is 0.260 e. The zero-order valence-corrected chi connectivity index (χ0v) is 13.8. The van der Waals surface area contributed by atoms with Crippen LogP contribution in [0.15, 0.2) is 42.5 Å². The molecule has 0 aliphatic carbocycles. The van der Waals surface area contributed by atoms with Gasteiger partial charge in [-0.25, -0.2) is 8.78 Å². The van der Waals surface area contributed by atoms with E-state index in [2.05, 4.69) is 0 Å². The molecule has 4 nitrogen and oxygen atoms in total. The molecule has 0 aliphatic rings. The van der Waals surface area contributed by atoms with Gasteiger partial charge < -0.3 is 9.64 Å². The summed E-state index contributed by atoms with van der Waals surface area (Å²) in [6.45, 7) is 2.50. The van der Waals surface area contributed by atoms with Crippen molar-refractivity contribution in [3.63, 3.8) is 0 Å². The van der Waals surface area contributed by atoms with Crippen molar-refractivity contribution in [1.29, 1.82) is 5.26 Å². The summed E-state index contributed by atoms with van der Waals surface area (Å²) in [7, 11) is 0. The van der Waals surface area contributed by atoms with Crippen LogP contribution in [0.3, 0.4) is 0 Å². The molecule has 0 heterocycles. The predicted molar refractivity (Wildman–Crippen MR) is 88.7 cm³/mol. The van der Waals surface area contributed by atoms with E-state index in [1.54, 1.807) is 29.2 Å². The minimum Gasteiger partial charge on any atom is -0.481 e. The zero-order valence-electron chi connectivity index (χ0n) is 13.8. The Kier molecular flexibility index (Phi) is 6.47. The molecular weight excluding hydrogens is 326 g/mol. The molecule has 2 aromatic rings. The number of rotatable bonds is 7. The zero-order chi connectivity index (χ0) is 18.2. The molecule has 2 rings (SSSR count). The van der Waals surface area contributed by atoms with E-state index in [1.165, 1.54) is 0 Å². The van der Waals surface area contributed by atoms with Gasteiger partial charge in [0.1, 0.15) is 5.82 Å². The van der Waals surface area contributed by atoms with Gasteiger partial charge in [-0.05, 0) is 36.2 Å². The second-order valence-corrected chi connectivity index (χ2v) is 5.49. The van der Waals surface area contributed by atoms with E-state index in [-0.39, 0.29) is 18.3 Å². The maximum atomic E-state index is 13.6. The Hall–Kier alpha value is -2.94. The van der Waals surface area contributed by atoms with Gasteiger partial charge in [0.05, 0.1) is 11.6 Å². The molecular formula is C19H18F2N2O2. The van der Waals surface area contributed by atoms with Gasteiger partial charge in [0.15, 0.2) is 18.2 Å². The number of halogens is 2. The quantitative estimate of drug-likeness (QED) is 0.770. The lowest BCUT2D eigenvalue weighted by Gasteiger charge is -2.22. The number of benzene rings is 2. The summed E-state index contributed by atoms with van der Waals surface area (Å²) in [5.41, 5.74) is 1.43. The van der Waals surface area contributed by atoms with Crippen molar-refractivity contribution < 1.29 is 18.3 Å². The van der Waals surface area contributed by atoms with Gasteiger partial charge in [0.2, 0.25) is 0 Å². The van der Waals surface area contributed by atoms with Crippen LogP contribution >= 0.6 is 0 Å². The minimum atomic E-state index is -0.845. The Bertz CT molecular complexity index is 770. The maximum absolute atomic E-state index is 13.6. The fourth-order valence-electron chi connectivity index (χ4n) is 2.29. The van der Waals surface area contributed by atoms with Crippen molar-refractivity contribution in [1.82, 2.24) is 4.90 Å². The third kappa shape index (κ3) is 5.28. The smallest absolute Gasteiger partial charge is 0.260 e. The van der Waals surface area contributed by atoms with E-state index < -0.39 is 11.6 Å². The summed E-state index contributed by atoms with van der Waals surface area (Å²) in [5.74, 6) is -2.01. The number of ether oxygens (including phenoxy) is 1. The van der Waals surface area contributed by atoms with Gasteiger partial charge >= 0.3 is 0 Å². The number of nitriles is 1. The number of carbonyl (C=O) groups excluding carboxylic acids is 1. The molecule has 0 N–H and O–H groups in total. The average Bonchev–Trinajstić information content (AvgIpc) is 2.61. The monoisotopic (exact) mass is 344 g/mol. The highest BCUT2D eigenvalue weighted by atomic mass is 19.1. The second kappa shape index (κ2) is 8.78. The van der Waals surface area contributed by atoms with E-state index in [9.17, 15) is 13.6 Å². The van der Waals surface area contributed by atoms with Gasteiger partial charge in [0, 0.05) is 19.2 Å². The molecule has 0 aliphatic heterocycles. The van der Waals surface area contributed by atoms with Crippen LogP contribution < -0.4 is 4.74 Å². The molecule has 0 radical (unpaired) electrons. The number of carbonyl (C=O) groups is 1. The van der Waals surface area contributed by atoms with Crippen LogP contribution in [0.4, 0.5) is 8.78 Å². The molecule has 2 aromatic carbocycles. The lowest BCUT2D eigenvalue weighted by atomic mass is 10.1. The molecule has 0 unspecified atom stereocenters. The lowest BCUT2D eigenvalue weighted by molar-refractivity contribution is -0.134. The SMILES string of the molecule is CCCN(Cc1ccc(C#N)cc1)C(=O)COc1ccc(F)cc1F. The third-order valence-electron chi connectivity index (χ3n) is 3.55. The first-order chi connectivity index (χ1) is 12.0. The van der Waals surface area contributed by atoms with Crippen molar-refractivity contribution in [3.05, 3.63) is 65.2 Å². The van der Waals surface area contributed by atoms with Crippen molar-refractivity contribution in [2.24, 2.45) is 0 Å². The van der Waals surface area contributed by atoms with E-state index in [1.807, 2.05) is 13.0 Å². The molecule has 25 heavy (non-hydrogen) atoms. The van der Waals surface area contributed by atoms with Crippen LogP contribution in [0.5, 0.6) is 5.75 Å². The van der Waals surface area contributed by atoms with Crippen LogP contribution in [0.2, 0.25) is 0 Å². The van der Waals surface area contributed by atoms with E-state index >= 15 is 0 Å². The van der Waals surface area contributed by atoms with Crippen LogP contribution in [0.25, 0.3) is 0 Å². The highest BCUT2D eigenvalue weighted by Crippen LogP contribution is 2.18. The van der Waals surface area contributed by atoms with Gasteiger partial charge in [-0.2, -0.15) is 5.26 Å². The molecule has 0 saturated carbocycles. The number of nitrogens with zero attached hydrogens (tertiary/aromatic N) is 2. The fraction of sp³-hybridized carbons (Fsp3) is 0.263. The van der Waals surface area contributed by atoms with Gasteiger partial charge in [0.25, 0.3) is 5.91 Å². The normalized spacial score (nSPS) is 10.2. The van der Waals surface area contributed by atoms with Crippen molar-refractivity contribution in [2.45, 2.75) is 19.9 Å². The molecule has 0 saturated heterocycles. The summed E-state index contributed by atoms with van der Waals surface area (Å²) in [5, 5.41) is 8.82. The first kappa shape index (κ1) is 18.4. The van der Waals surface area contributed by atoms with Crippen LogP contribution in [-0.4, -0.2) is 24.0 Å². The Morgan fingerprint density at radius 3 is 2.52 bits per heavy atom. The summed E-state index contributed by atoms with van der Waals surface area (Å²) >= 11 is 0. The first-order valence-electron chi connectivity index (χ1n) is 7.88. The molecule has 0 aromatic heterocycles. The van der Waals surface area contributed by atoms with Crippen LogP contribution in [0, 0.1) is 23.0 Å². The molecule has 1 amide bonds. The molecule has 0 fully saturated rings. The van der Waals surface area contributed by atoms with E-state index in [0.29, 0.717) is 24.7 Å². The molecule has 130 valence electrons. The highest BCUT2D eigenvalue weighted by Gasteiger charge is 2.15. The predicted octanol–water partition coefficient (Wildman–Crippen LogP) is 3.65. The first-order valence-corrected chi connectivity index (χ1v) is 7.88. The van der Waals surface area contributed by atoms with Gasteiger partial charge in [-0.3, -0.25) is 4.79 Å². The number of hydrogen-bond acceptors (Lipinski definition) is 3. The van der Waals surface area contributed by atoms with Crippen molar-refractivity contribution in [2.75, 3.05) is 13.2 Å². The molecule has 0 spiro atoms. The minimum absolute atomic E-state index is 0.162. The summed E-state index contributed by atoms with van der Waals surface area (Å²) in [6.07, 6.45) is 0.757. The number of hydrogen-bond donors (Lipinski definition) is 0. The Labute approximate surface area is 145 Å².